The van der Waals surface area contributed by atoms with Crippen LogP contribution >= 0.6 is 0 Å². The van der Waals surface area contributed by atoms with Crippen LogP contribution in [0.1, 0.15) is 79.5 Å². The van der Waals surface area contributed by atoms with Crippen molar-refractivity contribution in [1.82, 2.24) is 0 Å². The fraction of sp³-hybridized carbons (Fsp3) is 1.00. The molecule has 0 radical (unpaired) electrons. The fourth-order valence-electron chi connectivity index (χ4n) is 3.21. The molecule has 0 aliphatic heterocycles. The van der Waals surface area contributed by atoms with E-state index in [1.165, 1.54) is 38.5 Å². The van der Waals surface area contributed by atoms with E-state index in [9.17, 15) is 0 Å². The lowest BCUT2D eigenvalue weighted by atomic mass is 9.73. The summed E-state index contributed by atoms with van der Waals surface area (Å²) >= 11 is 0. The summed E-state index contributed by atoms with van der Waals surface area (Å²) < 4.78 is 0. The molecule has 1 heteroatoms. The quantitative estimate of drug-likeness (QED) is 0.614. The van der Waals surface area contributed by atoms with Crippen molar-refractivity contribution in [3.8, 4) is 0 Å². The molecule has 0 amide bonds. The van der Waals surface area contributed by atoms with Gasteiger partial charge in [-0.05, 0) is 11.8 Å². The van der Waals surface area contributed by atoms with Crippen LogP contribution in [0.3, 0.4) is 0 Å². The maximum absolute atomic E-state index is 2.00. The van der Waals surface area contributed by atoms with Crippen LogP contribution in [0.15, 0.2) is 0 Å². The van der Waals surface area contributed by atoms with Gasteiger partial charge in [0.25, 0.3) is 0 Å². The van der Waals surface area contributed by atoms with E-state index in [1.807, 2.05) is 13.8 Å². The molecule has 94 valence electrons. The normalized spacial score (nSPS) is 23.6. The molecule has 2 aliphatic rings. The SMILES string of the molecule is C1CCC(C2CCCCC2)CC1.CC.O.[HH]. The first kappa shape index (κ1) is 15.0. The lowest BCUT2D eigenvalue weighted by Crippen LogP contribution is -2.20. The van der Waals surface area contributed by atoms with Gasteiger partial charge in [0.1, 0.15) is 0 Å². The predicted molar refractivity (Wildman–Crippen MR) is 70.2 cm³/mol. The molecule has 0 unspecified atom stereocenters. The molecule has 0 heterocycles. The van der Waals surface area contributed by atoms with Gasteiger partial charge in [-0.25, -0.2) is 0 Å². The molecule has 0 aromatic heterocycles. The van der Waals surface area contributed by atoms with Crippen molar-refractivity contribution >= 4 is 0 Å². The summed E-state index contributed by atoms with van der Waals surface area (Å²) in [4.78, 5) is 0. The minimum absolute atomic E-state index is 0. The molecule has 2 fully saturated rings. The third kappa shape index (κ3) is 5.01. The third-order valence-electron chi connectivity index (χ3n) is 3.97. The van der Waals surface area contributed by atoms with E-state index in [-0.39, 0.29) is 6.90 Å². The van der Waals surface area contributed by atoms with Gasteiger partial charge in [0.15, 0.2) is 0 Å². The van der Waals surface area contributed by atoms with Crippen molar-refractivity contribution < 1.29 is 6.90 Å². The smallest absolute Gasteiger partial charge is 0 e. The molecule has 0 aromatic carbocycles. The van der Waals surface area contributed by atoms with E-state index in [0.717, 1.165) is 11.8 Å². The summed E-state index contributed by atoms with van der Waals surface area (Å²) in [7, 11) is 0. The van der Waals surface area contributed by atoms with Crippen molar-refractivity contribution in [2.45, 2.75) is 78.1 Å². The monoisotopic (exact) mass is 216 g/mol. The van der Waals surface area contributed by atoms with Gasteiger partial charge in [-0.3, -0.25) is 0 Å². The zero-order valence-corrected chi connectivity index (χ0v) is 10.7. The first-order valence-electron chi connectivity index (χ1n) is 6.97. The molecular formula is C14H32O. The first-order chi connectivity index (χ1) is 6.97. The number of hydrogen-bond donors (Lipinski definition) is 0. The Hall–Kier alpha value is -0.0400. The van der Waals surface area contributed by atoms with Crippen LogP contribution < -0.4 is 0 Å². The second-order valence-electron chi connectivity index (χ2n) is 4.80. The summed E-state index contributed by atoms with van der Waals surface area (Å²) in [6, 6.07) is 0. The highest BCUT2D eigenvalue weighted by molar-refractivity contribution is 4.76. The molecule has 0 aromatic rings. The van der Waals surface area contributed by atoms with Gasteiger partial charge in [0, 0.05) is 1.43 Å². The fourth-order valence-corrected chi connectivity index (χ4v) is 3.21. The Bertz CT molecular complexity index is 111. The first-order valence-corrected chi connectivity index (χ1v) is 6.97. The Balaban J connectivity index is 0. The van der Waals surface area contributed by atoms with Crippen molar-refractivity contribution in [2.75, 3.05) is 0 Å². The van der Waals surface area contributed by atoms with Crippen LogP contribution in [0.2, 0.25) is 0 Å². The topological polar surface area (TPSA) is 31.5 Å². The molecule has 2 N–H and O–H groups in total. The van der Waals surface area contributed by atoms with Crippen LogP contribution in [0.5, 0.6) is 0 Å². The van der Waals surface area contributed by atoms with Gasteiger partial charge in [0.2, 0.25) is 0 Å². The largest absolute Gasteiger partial charge is 0.412 e. The van der Waals surface area contributed by atoms with Crippen LogP contribution in [0, 0.1) is 11.8 Å². The summed E-state index contributed by atoms with van der Waals surface area (Å²) in [5.41, 5.74) is 0. The molecular weight excluding hydrogens is 184 g/mol. The van der Waals surface area contributed by atoms with Gasteiger partial charge < -0.3 is 5.48 Å². The molecule has 2 rings (SSSR count). The molecule has 1 nitrogen and oxygen atoms in total. The maximum Gasteiger partial charge on any atom is 0 e. The van der Waals surface area contributed by atoms with Gasteiger partial charge in [-0.15, -0.1) is 0 Å². The van der Waals surface area contributed by atoms with E-state index in [2.05, 4.69) is 0 Å². The average molecular weight is 216 g/mol. The Labute approximate surface area is 97.4 Å². The number of hydrogen-bond acceptors (Lipinski definition) is 0. The highest BCUT2D eigenvalue weighted by Crippen LogP contribution is 2.37. The second-order valence-corrected chi connectivity index (χ2v) is 4.80. The molecule has 0 bridgehead atoms. The number of rotatable bonds is 1. The molecule has 0 atom stereocenters. The minimum Gasteiger partial charge on any atom is -0.412 e. The standard InChI is InChI=1S/C12H22.C2H6.H2O.H2/c1-3-7-11(8-4-1)12-9-5-2-6-10-12;1-2;;/h11-12H,1-10H2;1-2H3;1H2;1H. The molecule has 0 spiro atoms. The zero-order valence-electron chi connectivity index (χ0n) is 10.7. The molecule has 0 saturated heterocycles. The Kier molecular flexibility index (Phi) is 9.18. The highest BCUT2D eigenvalue weighted by atomic mass is 16.0. The second kappa shape index (κ2) is 9.21. The van der Waals surface area contributed by atoms with Crippen LogP contribution in [-0.4, -0.2) is 5.48 Å². The maximum atomic E-state index is 2.00. The summed E-state index contributed by atoms with van der Waals surface area (Å²) in [5, 5.41) is 0. The van der Waals surface area contributed by atoms with Gasteiger partial charge in [-0.1, -0.05) is 78.1 Å². The van der Waals surface area contributed by atoms with Gasteiger partial charge in [0.05, 0.1) is 0 Å². The molecule has 2 saturated carbocycles. The van der Waals surface area contributed by atoms with E-state index >= 15 is 0 Å². The molecule has 15 heavy (non-hydrogen) atoms. The van der Waals surface area contributed by atoms with Crippen LogP contribution in [-0.2, 0) is 0 Å². The van der Waals surface area contributed by atoms with Crippen LogP contribution in [0.4, 0.5) is 0 Å². The third-order valence-corrected chi connectivity index (χ3v) is 3.97. The molecule has 2 aliphatic carbocycles. The predicted octanol–water partition coefficient (Wildman–Crippen LogP) is 4.59. The van der Waals surface area contributed by atoms with Gasteiger partial charge in [-0.2, -0.15) is 0 Å². The van der Waals surface area contributed by atoms with Crippen molar-refractivity contribution in [1.29, 1.82) is 0 Å². The zero-order chi connectivity index (χ0) is 10.2. The van der Waals surface area contributed by atoms with Crippen LogP contribution in [0.25, 0.3) is 0 Å². The van der Waals surface area contributed by atoms with Gasteiger partial charge >= 0.3 is 0 Å². The van der Waals surface area contributed by atoms with Crippen molar-refractivity contribution in [3.05, 3.63) is 0 Å². The lowest BCUT2D eigenvalue weighted by Gasteiger charge is -2.32. The minimum atomic E-state index is 0. The average Bonchev–Trinajstić information content (AvgIpc) is 2.34. The Morgan fingerprint density at radius 3 is 1.13 bits per heavy atom. The Morgan fingerprint density at radius 1 is 0.600 bits per heavy atom. The van der Waals surface area contributed by atoms with E-state index in [4.69, 9.17) is 0 Å². The van der Waals surface area contributed by atoms with E-state index in [1.54, 1.807) is 25.7 Å². The summed E-state index contributed by atoms with van der Waals surface area (Å²) in [6.07, 6.45) is 15.4. The highest BCUT2D eigenvalue weighted by Gasteiger charge is 2.24. The summed E-state index contributed by atoms with van der Waals surface area (Å²) in [5.74, 6) is 2.28. The Morgan fingerprint density at radius 2 is 0.867 bits per heavy atom. The summed E-state index contributed by atoms with van der Waals surface area (Å²) in [6.45, 7) is 4.00. The van der Waals surface area contributed by atoms with Crippen molar-refractivity contribution in [3.63, 3.8) is 0 Å². The van der Waals surface area contributed by atoms with Crippen molar-refractivity contribution in [2.24, 2.45) is 11.8 Å². The van der Waals surface area contributed by atoms with E-state index < -0.39 is 0 Å². The van der Waals surface area contributed by atoms with E-state index in [0.29, 0.717) is 0 Å². The lowest BCUT2D eigenvalue weighted by molar-refractivity contribution is 0.196.